The van der Waals surface area contributed by atoms with Crippen LogP contribution in [0.3, 0.4) is 0 Å². The minimum Gasteiger partial charge on any atom is -0.382 e. The van der Waals surface area contributed by atoms with Gasteiger partial charge in [-0.1, -0.05) is 17.7 Å². The van der Waals surface area contributed by atoms with Crippen LogP contribution in [-0.4, -0.2) is 37.1 Å². The van der Waals surface area contributed by atoms with E-state index in [0.29, 0.717) is 6.04 Å². The molecule has 0 atom stereocenters. The van der Waals surface area contributed by atoms with Gasteiger partial charge in [0.2, 0.25) is 0 Å². The van der Waals surface area contributed by atoms with Crippen molar-refractivity contribution in [3.63, 3.8) is 0 Å². The molecule has 2 rings (SSSR count). The number of hydrogen-bond donors (Lipinski definition) is 2. The number of aryl methyl sites for hydroxylation is 1. The number of halogens is 1. The SMILES string of the molecule is Cc1ccc(Cl)cc1NC1CCN(CCN)CC1. The topological polar surface area (TPSA) is 41.3 Å². The van der Waals surface area contributed by atoms with Crippen molar-refractivity contribution in [2.45, 2.75) is 25.8 Å². The Morgan fingerprint density at radius 3 is 2.78 bits per heavy atom. The number of hydrogen-bond acceptors (Lipinski definition) is 3. The van der Waals surface area contributed by atoms with Gasteiger partial charge in [-0.2, -0.15) is 0 Å². The fraction of sp³-hybridized carbons (Fsp3) is 0.571. The zero-order valence-electron chi connectivity index (χ0n) is 11.0. The molecule has 1 saturated heterocycles. The smallest absolute Gasteiger partial charge is 0.0426 e. The third kappa shape index (κ3) is 3.61. The Kier molecular flexibility index (Phi) is 4.87. The Labute approximate surface area is 114 Å². The first kappa shape index (κ1) is 13.7. The number of nitrogens with two attached hydrogens (primary N) is 1. The summed E-state index contributed by atoms with van der Waals surface area (Å²) < 4.78 is 0. The molecule has 0 aliphatic carbocycles. The Balaban J connectivity index is 1.89. The molecule has 1 heterocycles. The third-order valence-corrected chi connectivity index (χ3v) is 3.83. The van der Waals surface area contributed by atoms with E-state index in [1.54, 1.807) is 0 Å². The molecule has 0 saturated carbocycles. The first-order valence-corrected chi connectivity index (χ1v) is 7.02. The molecule has 18 heavy (non-hydrogen) atoms. The summed E-state index contributed by atoms with van der Waals surface area (Å²) in [7, 11) is 0. The number of likely N-dealkylation sites (tertiary alicyclic amines) is 1. The molecule has 1 aromatic carbocycles. The number of piperidine rings is 1. The predicted octanol–water partition coefficient (Wildman–Crippen LogP) is 2.48. The summed E-state index contributed by atoms with van der Waals surface area (Å²) in [4.78, 5) is 2.43. The van der Waals surface area contributed by atoms with E-state index in [-0.39, 0.29) is 0 Å². The van der Waals surface area contributed by atoms with Crippen LogP contribution in [0.2, 0.25) is 5.02 Å². The fourth-order valence-electron chi connectivity index (χ4n) is 2.45. The molecule has 0 bridgehead atoms. The Bertz CT molecular complexity index is 387. The van der Waals surface area contributed by atoms with Crippen LogP contribution in [0.25, 0.3) is 0 Å². The second-order valence-corrected chi connectivity index (χ2v) is 5.44. The number of rotatable bonds is 4. The standard InChI is InChI=1S/C14H22ClN3/c1-11-2-3-12(15)10-14(11)17-13-4-7-18(8-5-13)9-6-16/h2-3,10,13,17H,4-9,16H2,1H3. The monoisotopic (exact) mass is 267 g/mol. The minimum absolute atomic E-state index is 0.552. The predicted molar refractivity (Wildman–Crippen MR) is 78.3 cm³/mol. The van der Waals surface area contributed by atoms with Crippen LogP contribution in [-0.2, 0) is 0 Å². The van der Waals surface area contributed by atoms with Gasteiger partial charge in [0, 0.05) is 42.9 Å². The molecular weight excluding hydrogens is 246 g/mol. The average molecular weight is 268 g/mol. The summed E-state index contributed by atoms with van der Waals surface area (Å²) in [6.45, 7) is 6.15. The first-order valence-electron chi connectivity index (χ1n) is 6.64. The van der Waals surface area contributed by atoms with Gasteiger partial charge in [-0.3, -0.25) is 0 Å². The van der Waals surface area contributed by atoms with Crippen molar-refractivity contribution in [3.05, 3.63) is 28.8 Å². The highest BCUT2D eigenvalue weighted by atomic mass is 35.5. The molecule has 4 heteroatoms. The molecule has 1 aliphatic rings. The van der Waals surface area contributed by atoms with Crippen LogP contribution in [0.4, 0.5) is 5.69 Å². The molecule has 0 amide bonds. The second kappa shape index (κ2) is 6.41. The Morgan fingerprint density at radius 2 is 2.11 bits per heavy atom. The molecular formula is C14H22ClN3. The van der Waals surface area contributed by atoms with Gasteiger partial charge < -0.3 is 16.0 Å². The second-order valence-electron chi connectivity index (χ2n) is 5.01. The van der Waals surface area contributed by atoms with Crippen molar-refractivity contribution < 1.29 is 0 Å². The zero-order valence-corrected chi connectivity index (χ0v) is 11.7. The lowest BCUT2D eigenvalue weighted by Gasteiger charge is -2.32. The first-order chi connectivity index (χ1) is 8.69. The highest BCUT2D eigenvalue weighted by Gasteiger charge is 2.18. The summed E-state index contributed by atoms with van der Waals surface area (Å²) >= 11 is 6.04. The summed E-state index contributed by atoms with van der Waals surface area (Å²) in [5.74, 6) is 0. The van der Waals surface area contributed by atoms with Gasteiger partial charge >= 0.3 is 0 Å². The largest absolute Gasteiger partial charge is 0.382 e. The molecule has 3 N–H and O–H groups in total. The fourth-order valence-corrected chi connectivity index (χ4v) is 2.63. The number of nitrogens with one attached hydrogen (secondary N) is 1. The van der Waals surface area contributed by atoms with Crippen LogP contribution >= 0.6 is 11.6 Å². The van der Waals surface area contributed by atoms with E-state index in [4.69, 9.17) is 17.3 Å². The summed E-state index contributed by atoms with van der Waals surface area (Å²) in [5.41, 5.74) is 8.00. The molecule has 100 valence electrons. The van der Waals surface area contributed by atoms with Crippen LogP contribution in [0.15, 0.2) is 18.2 Å². The molecule has 3 nitrogen and oxygen atoms in total. The van der Waals surface area contributed by atoms with E-state index < -0.39 is 0 Å². The lowest BCUT2D eigenvalue weighted by Crippen LogP contribution is -2.41. The van der Waals surface area contributed by atoms with Crippen molar-refractivity contribution in [2.24, 2.45) is 5.73 Å². The molecule has 1 aromatic rings. The van der Waals surface area contributed by atoms with Crippen LogP contribution in [0.1, 0.15) is 18.4 Å². The maximum atomic E-state index is 6.04. The van der Waals surface area contributed by atoms with Gasteiger partial charge in [0.15, 0.2) is 0 Å². The average Bonchev–Trinajstić information content (AvgIpc) is 2.37. The maximum Gasteiger partial charge on any atom is 0.0426 e. The zero-order chi connectivity index (χ0) is 13.0. The number of benzene rings is 1. The van der Waals surface area contributed by atoms with Gasteiger partial charge in [-0.15, -0.1) is 0 Å². The highest BCUT2D eigenvalue weighted by Crippen LogP contribution is 2.23. The summed E-state index contributed by atoms with van der Waals surface area (Å²) in [6, 6.07) is 6.57. The molecule has 1 fully saturated rings. The van der Waals surface area contributed by atoms with Crippen molar-refractivity contribution in [1.29, 1.82) is 0 Å². The maximum absolute atomic E-state index is 6.04. The van der Waals surface area contributed by atoms with Crippen LogP contribution in [0.5, 0.6) is 0 Å². The lowest BCUT2D eigenvalue weighted by molar-refractivity contribution is 0.224. The van der Waals surface area contributed by atoms with Gasteiger partial charge in [-0.05, 0) is 37.5 Å². The highest BCUT2D eigenvalue weighted by molar-refractivity contribution is 6.30. The van der Waals surface area contributed by atoms with Crippen molar-refractivity contribution in [2.75, 3.05) is 31.5 Å². The number of anilines is 1. The summed E-state index contributed by atoms with van der Waals surface area (Å²) in [6.07, 6.45) is 2.35. The van der Waals surface area contributed by atoms with E-state index in [0.717, 1.165) is 31.2 Å². The van der Waals surface area contributed by atoms with Crippen molar-refractivity contribution in [3.8, 4) is 0 Å². The van der Waals surface area contributed by atoms with Gasteiger partial charge in [0.25, 0.3) is 0 Å². The Hall–Kier alpha value is -0.770. The van der Waals surface area contributed by atoms with Gasteiger partial charge in [0.1, 0.15) is 0 Å². The van der Waals surface area contributed by atoms with Gasteiger partial charge in [-0.25, -0.2) is 0 Å². The van der Waals surface area contributed by atoms with Crippen LogP contribution < -0.4 is 11.1 Å². The van der Waals surface area contributed by atoms with E-state index in [1.165, 1.54) is 24.1 Å². The molecule has 0 spiro atoms. The third-order valence-electron chi connectivity index (χ3n) is 3.59. The van der Waals surface area contributed by atoms with Crippen molar-refractivity contribution >= 4 is 17.3 Å². The van der Waals surface area contributed by atoms with E-state index in [1.807, 2.05) is 12.1 Å². The number of nitrogens with zero attached hydrogens (tertiary/aromatic N) is 1. The van der Waals surface area contributed by atoms with Crippen LogP contribution in [0, 0.1) is 6.92 Å². The quantitative estimate of drug-likeness (QED) is 0.881. The van der Waals surface area contributed by atoms with E-state index >= 15 is 0 Å². The molecule has 1 aliphatic heterocycles. The molecule has 0 aromatic heterocycles. The Morgan fingerprint density at radius 1 is 1.39 bits per heavy atom. The molecule has 0 unspecified atom stereocenters. The van der Waals surface area contributed by atoms with E-state index in [9.17, 15) is 0 Å². The summed E-state index contributed by atoms with van der Waals surface area (Å²) in [5, 5.41) is 4.41. The molecule has 0 radical (unpaired) electrons. The van der Waals surface area contributed by atoms with Crippen molar-refractivity contribution in [1.82, 2.24) is 4.90 Å². The van der Waals surface area contributed by atoms with E-state index in [2.05, 4.69) is 23.2 Å². The van der Waals surface area contributed by atoms with Gasteiger partial charge in [0.05, 0.1) is 0 Å². The lowest BCUT2D eigenvalue weighted by atomic mass is 10.0. The minimum atomic E-state index is 0.552. The normalized spacial score (nSPS) is 17.9.